The highest BCUT2D eigenvalue weighted by Crippen LogP contribution is 2.35. The smallest absolute Gasteiger partial charge is 0.308 e. The lowest BCUT2D eigenvalue weighted by Crippen LogP contribution is -2.35. The zero-order valence-electron chi connectivity index (χ0n) is 12.0. The van der Waals surface area contributed by atoms with E-state index in [0.717, 1.165) is 18.2 Å². The van der Waals surface area contributed by atoms with Gasteiger partial charge in [0, 0.05) is 17.8 Å². The highest BCUT2D eigenvalue weighted by atomic mass is 19.4. The maximum absolute atomic E-state index is 13.3. The molecule has 1 amide bonds. The van der Waals surface area contributed by atoms with Crippen LogP contribution in [0.15, 0.2) is 42.5 Å². The van der Waals surface area contributed by atoms with E-state index in [9.17, 15) is 22.4 Å². The van der Waals surface area contributed by atoms with Gasteiger partial charge in [-0.15, -0.1) is 0 Å². The maximum atomic E-state index is 13.3. The average Bonchev–Trinajstić information content (AvgIpc) is 2.52. The fraction of sp³-hybridized carbons (Fsp3) is 0.235. The third-order valence-corrected chi connectivity index (χ3v) is 3.84. The molecule has 0 bridgehead atoms. The zero-order valence-corrected chi connectivity index (χ0v) is 12.0. The van der Waals surface area contributed by atoms with Crippen molar-refractivity contribution >= 4 is 11.6 Å². The Morgan fingerprint density at radius 3 is 2.57 bits per heavy atom. The van der Waals surface area contributed by atoms with E-state index in [1.165, 1.54) is 29.2 Å². The second kappa shape index (κ2) is 5.68. The number of hydrogen-bond acceptors (Lipinski definition) is 1. The van der Waals surface area contributed by atoms with Crippen LogP contribution in [-0.2, 0) is 12.6 Å². The number of fused-ring (bicyclic) bond motifs is 1. The normalized spacial score (nSPS) is 14.5. The van der Waals surface area contributed by atoms with E-state index in [1.807, 2.05) is 0 Å². The molecule has 1 heterocycles. The van der Waals surface area contributed by atoms with Crippen LogP contribution in [0.5, 0.6) is 0 Å². The minimum Gasteiger partial charge on any atom is -0.308 e. The van der Waals surface area contributed by atoms with Gasteiger partial charge in [0.25, 0.3) is 5.91 Å². The molecule has 0 fully saturated rings. The second-order valence-corrected chi connectivity index (χ2v) is 5.41. The molecule has 0 saturated carbocycles. The molecular formula is C17H13F4NO. The van der Waals surface area contributed by atoms with Crippen molar-refractivity contribution in [2.45, 2.75) is 19.0 Å². The second-order valence-electron chi connectivity index (χ2n) is 5.41. The number of halogens is 4. The number of rotatable bonds is 1. The number of anilines is 1. The third kappa shape index (κ3) is 3.06. The van der Waals surface area contributed by atoms with Gasteiger partial charge in [-0.2, -0.15) is 13.2 Å². The average molecular weight is 323 g/mol. The van der Waals surface area contributed by atoms with E-state index in [-0.39, 0.29) is 5.56 Å². The fourth-order valence-electron chi connectivity index (χ4n) is 2.76. The lowest BCUT2D eigenvalue weighted by atomic mass is 9.98. The summed E-state index contributed by atoms with van der Waals surface area (Å²) in [4.78, 5) is 13.9. The van der Waals surface area contributed by atoms with E-state index >= 15 is 0 Å². The first-order valence-electron chi connectivity index (χ1n) is 7.14. The quantitative estimate of drug-likeness (QED) is 0.711. The lowest BCUT2D eigenvalue weighted by Gasteiger charge is -2.30. The summed E-state index contributed by atoms with van der Waals surface area (Å²) in [6.07, 6.45) is -3.37. The molecule has 0 N–H and O–H groups in total. The Morgan fingerprint density at radius 1 is 1.09 bits per heavy atom. The number of carbonyl (C=O) groups excluding carboxylic acids is 1. The van der Waals surface area contributed by atoms with Gasteiger partial charge in [-0.05, 0) is 54.8 Å². The first-order chi connectivity index (χ1) is 10.9. The molecule has 2 aromatic rings. The van der Waals surface area contributed by atoms with Crippen LogP contribution in [0, 0.1) is 5.82 Å². The van der Waals surface area contributed by atoms with Crippen molar-refractivity contribution in [3.05, 3.63) is 65.0 Å². The molecule has 1 aliphatic heterocycles. The highest BCUT2D eigenvalue weighted by Gasteiger charge is 2.32. The van der Waals surface area contributed by atoms with Crippen LogP contribution in [0.3, 0.4) is 0 Å². The lowest BCUT2D eigenvalue weighted by molar-refractivity contribution is -0.137. The molecule has 0 aliphatic carbocycles. The summed E-state index contributed by atoms with van der Waals surface area (Å²) in [6.45, 7) is 0.397. The minimum atomic E-state index is -4.41. The SMILES string of the molecule is O=C(c1cccc(F)c1)N1CCCc2cc(C(F)(F)F)ccc21. The van der Waals surface area contributed by atoms with Gasteiger partial charge in [0.2, 0.25) is 0 Å². The zero-order chi connectivity index (χ0) is 16.6. The Bertz CT molecular complexity index is 754. The minimum absolute atomic E-state index is 0.178. The molecule has 0 atom stereocenters. The molecule has 0 aromatic heterocycles. The van der Waals surface area contributed by atoms with Crippen LogP contribution in [0.1, 0.15) is 27.9 Å². The van der Waals surface area contributed by atoms with E-state index in [4.69, 9.17) is 0 Å². The van der Waals surface area contributed by atoms with Crippen molar-refractivity contribution in [3.8, 4) is 0 Å². The number of benzene rings is 2. The molecule has 2 nitrogen and oxygen atoms in total. The molecule has 0 radical (unpaired) electrons. The molecule has 1 aliphatic rings. The Labute approximate surface area is 130 Å². The Kier molecular flexibility index (Phi) is 3.83. The molecular weight excluding hydrogens is 310 g/mol. The summed E-state index contributed by atoms with van der Waals surface area (Å²) in [5.74, 6) is -0.939. The van der Waals surface area contributed by atoms with Crippen LogP contribution in [0.25, 0.3) is 0 Å². The predicted octanol–water partition coefficient (Wildman–Crippen LogP) is 4.44. The monoisotopic (exact) mass is 323 g/mol. The Morgan fingerprint density at radius 2 is 1.87 bits per heavy atom. The molecule has 23 heavy (non-hydrogen) atoms. The summed E-state index contributed by atoms with van der Waals surface area (Å²) < 4.78 is 51.7. The summed E-state index contributed by atoms with van der Waals surface area (Å²) in [5, 5.41) is 0. The predicted molar refractivity (Wildman–Crippen MR) is 77.8 cm³/mol. The molecule has 0 unspecified atom stereocenters. The van der Waals surface area contributed by atoms with Gasteiger partial charge >= 0.3 is 6.18 Å². The van der Waals surface area contributed by atoms with Crippen LogP contribution in [0.2, 0.25) is 0 Å². The number of alkyl halides is 3. The van der Waals surface area contributed by atoms with E-state index in [0.29, 0.717) is 30.6 Å². The summed E-state index contributed by atoms with van der Waals surface area (Å²) >= 11 is 0. The Hall–Kier alpha value is -2.37. The number of nitrogens with zero attached hydrogens (tertiary/aromatic N) is 1. The molecule has 0 saturated heterocycles. The first-order valence-corrected chi connectivity index (χ1v) is 7.14. The van der Waals surface area contributed by atoms with Gasteiger partial charge in [-0.25, -0.2) is 4.39 Å². The number of amides is 1. The standard InChI is InChI=1S/C17H13F4NO/c18-14-5-1-3-12(10-14)16(23)22-8-2-4-11-9-13(17(19,20)21)6-7-15(11)22/h1,3,5-7,9-10H,2,4,8H2. The van der Waals surface area contributed by atoms with Gasteiger partial charge in [0.1, 0.15) is 5.82 Å². The van der Waals surface area contributed by atoms with E-state index in [1.54, 1.807) is 0 Å². The van der Waals surface area contributed by atoms with Crippen molar-refractivity contribution < 1.29 is 22.4 Å². The van der Waals surface area contributed by atoms with Gasteiger partial charge in [-0.3, -0.25) is 4.79 Å². The first kappa shape index (κ1) is 15.5. The number of carbonyl (C=O) groups is 1. The van der Waals surface area contributed by atoms with Crippen molar-refractivity contribution in [1.82, 2.24) is 0 Å². The van der Waals surface area contributed by atoms with Crippen LogP contribution >= 0.6 is 0 Å². The molecule has 120 valence electrons. The van der Waals surface area contributed by atoms with Crippen molar-refractivity contribution in [2.75, 3.05) is 11.4 Å². The molecule has 0 spiro atoms. The summed E-state index contributed by atoms with van der Waals surface area (Å²) in [7, 11) is 0. The van der Waals surface area contributed by atoms with Crippen LogP contribution in [-0.4, -0.2) is 12.5 Å². The van der Waals surface area contributed by atoms with Gasteiger partial charge < -0.3 is 4.90 Å². The fourth-order valence-corrected chi connectivity index (χ4v) is 2.76. The number of aryl methyl sites for hydroxylation is 1. The van der Waals surface area contributed by atoms with Gasteiger partial charge in [0.05, 0.1) is 5.56 Å². The van der Waals surface area contributed by atoms with Gasteiger partial charge in [-0.1, -0.05) is 6.07 Å². The topological polar surface area (TPSA) is 20.3 Å². The van der Waals surface area contributed by atoms with Crippen molar-refractivity contribution in [2.24, 2.45) is 0 Å². The Balaban J connectivity index is 1.97. The summed E-state index contributed by atoms with van der Waals surface area (Å²) in [5.41, 5.74) is 0.392. The molecule has 3 rings (SSSR count). The van der Waals surface area contributed by atoms with Crippen LogP contribution < -0.4 is 4.90 Å². The van der Waals surface area contributed by atoms with Gasteiger partial charge in [0.15, 0.2) is 0 Å². The maximum Gasteiger partial charge on any atom is 0.416 e. The highest BCUT2D eigenvalue weighted by molar-refractivity contribution is 6.06. The van der Waals surface area contributed by atoms with E-state index < -0.39 is 23.5 Å². The van der Waals surface area contributed by atoms with Crippen molar-refractivity contribution in [3.63, 3.8) is 0 Å². The number of hydrogen-bond donors (Lipinski definition) is 0. The van der Waals surface area contributed by atoms with E-state index in [2.05, 4.69) is 0 Å². The van der Waals surface area contributed by atoms with Crippen LogP contribution in [0.4, 0.5) is 23.2 Å². The summed E-state index contributed by atoms with van der Waals surface area (Å²) in [6, 6.07) is 8.64. The molecule has 2 aromatic carbocycles. The third-order valence-electron chi connectivity index (χ3n) is 3.84. The molecule has 6 heteroatoms. The largest absolute Gasteiger partial charge is 0.416 e. The van der Waals surface area contributed by atoms with Crippen molar-refractivity contribution in [1.29, 1.82) is 0 Å².